The molecule has 1 heterocycles. The van der Waals surface area contributed by atoms with Crippen LogP contribution < -0.4 is 9.47 Å². The molecule has 0 aromatic heterocycles. The first-order valence-electron chi connectivity index (χ1n) is 9.51. The summed E-state index contributed by atoms with van der Waals surface area (Å²) in [4.78, 5) is 14.3. The molecule has 1 N–H and O–H groups in total. The van der Waals surface area contributed by atoms with Crippen molar-refractivity contribution in [3.63, 3.8) is 0 Å². The van der Waals surface area contributed by atoms with Crippen molar-refractivity contribution in [2.45, 2.75) is 38.9 Å². The molecule has 0 bridgehead atoms. The zero-order valence-electron chi connectivity index (χ0n) is 16.2. The summed E-state index contributed by atoms with van der Waals surface area (Å²) >= 11 is 0. The van der Waals surface area contributed by atoms with Crippen LogP contribution in [0, 0.1) is 19.7 Å². The normalized spacial score (nSPS) is 19.8. The van der Waals surface area contributed by atoms with Gasteiger partial charge in [0.2, 0.25) is 0 Å². The number of aliphatic hydroxyl groups excluding tert-OH is 1. The number of ether oxygens (including phenoxy) is 2. The Hall–Kier alpha value is -2.60. The van der Waals surface area contributed by atoms with Gasteiger partial charge in [0.1, 0.15) is 11.9 Å². The molecule has 0 radical (unpaired) electrons. The van der Waals surface area contributed by atoms with E-state index in [1.165, 1.54) is 12.1 Å². The van der Waals surface area contributed by atoms with Crippen LogP contribution in [0.2, 0.25) is 0 Å². The lowest BCUT2D eigenvalue weighted by Crippen LogP contribution is -2.36. The predicted molar refractivity (Wildman–Crippen MR) is 104 cm³/mol. The molecule has 6 heteroatoms. The number of para-hydroxylation sites is 2. The zero-order chi connectivity index (χ0) is 20.1. The summed E-state index contributed by atoms with van der Waals surface area (Å²) < 4.78 is 25.2. The lowest BCUT2D eigenvalue weighted by molar-refractivity contribution is -0.133. The Morgan fingerprint density at radius 3 is 2.50 bits per heavy atom. The largest absolute Gasteiger partial charge is 0.485 e. The van der Waals surface area contributed by atoms with Crippen molar-refractivity contribution in [3.8, 4) is 11.5 Å². The molecule has 3 rings (SSSR count). The van der Waals surface area contributed by atoms with Gasteiger partial charge in [-0.25, -0.2) is 4.39 Å². The minimum absolute atomic E-state index is 0.0549. The third-order valence-electron chi connectivity index (χ3n) is 5.02. The topological polar surface area (TPSA) is 59.0 Å². The van der Waals surface area contributed by atoms with Gasteiger partial charge in [-0.15, -0.1) is 0 Å². The summed E-state index contributed by atoms with van der Waals surface area (Å²) in [6, 6.07) is 12.0. The van der Waals surface area contributed by atoms with Crippen molar-refractivity contribution >= 4 is 5.91 Å². The first-order chi connectivity index (χ1) is 13.5. The van der Waals surface area contributed by atoms with Gasteiger partial charge in [0, 0.05) is 19.5 Å². The molecule has 1 aliphatic heterocycles. The average molecular weight is 387 g/mol. The highest BCUT2D eigenvalue weighted by molar-refractivity contribution is 5.78. The van der Waals surface area contributed by atoms with Gasteiger partial charge >= 0.3 is 0 Å². The second-order valence-corrected chi connectivity index (χ2v) is 7.12. The third kappa shape index (κ3) is 4.81. The van der Waals surface area contributed by atoms with Gasteiger partial charge in [-0.05, 0) is 43.5 Å². The van der Waals surface area contributed by atoms with Crippen LogP contribution in [-0.2, 0) is 4.79 Å². The van der Waals surface area contributed by atoms with E-state index in [4.69, 9.17) is 9.47 Å². The predicted octanol–water partition coefficient (Wildman–Crippen LogP) is 3.25. The molecule has 1 saturated heterocycles. The summed E-state index contributed by atoms with van der Waals surface area (Å²) in [5.41, 5.74) is 1.97. The molecule has 1 aliphatic rings. The van der Waals surface area contributed by atoms with Gasteiger partial charge in [-0.3, -0.25) is 4.79 Å². The van der Waals surface area contributed by atoms with Crippen LogP contribution in [0.1, 0.15) is 24.0 Å². The number of aryl methyl sites for hydroxylation is 2. The maximum atomic E-state index is 13.8. The molecule has 1 fully saturated rings. The second-order valence-electron chi connectivity index (χ2n) is 7.12. The van der Waals surface area contributed by atoms with Crippen molar-refractivity contribution in [2.24, 2.45) is 0 Å². The summed E-state index contributed by atoms with van der Waals surface area (Å²) in [7, 11) is 0. The fraction of sp³-hybridized carbons (Fsp3) is 0.409. The zero-order valence-corrected chi connectivity index (χ0v) is 16.2. The van der Waals surface area contributed by atoms with E-state index in [1.807, 2.05) is 32.0 Å². The lowest BCUT2D eigenvalue weighted by atomic mass is 10.1. The Kier molecular flexibility index (Phi) is 6.52. The van der Waals surface area contributed by atoms with Gasteiger partial charge < -0.3 is 19.5 Å². The summed E-state index contributed by atoms with van der Waals surface area (Å²) in [6.07, 6.45) is -0.537. The monoisotopic (exact) mass is 387 g/mol. The first kappa shape index (κ1) is 20.1. The number of carbonyl (C=O) groups excluding carboxylic acids is 1. The smallest absolute Gasteiger partial charge is 0.260 e. The maximum Gasteiger partial charge on any atom is 0.260 e. The number of halogens is 1. The molecule has 0 unspecified atom stereocenters. The Labute approximate surface area is 164 Å². The average Bonchev–Trinajstić information content (AvgIpc) is 2.85. The Balaban J connectivity index is 1.58. The minimum atomic E-state index is -0.767. The lowest BCUT2D eigenvalue weighted by Gasteiger charge is -2.22. The Morgan fingerprint density at radius 1 is 1.11 bits per heavy atom. The van der Waals surface area contributed by atoms with Crippen molar-refractivity contribution in [1.82, 2.24) is 4.90 Å². The Morgan fingerprint density at radius 2 is 1.79 bits per heavy atom. The number of amides is 1. The molecule has 1 amide bonds. The SMILES string of the molecule is Cc1cccc(C)c1OCC(=O)N1CC[C@H](Oc2ccccc2F)[C@@H](O)CC1. The highest BCUT2D eigenvalue weighted by Gasteiger charge is 2.29. The molecule has 2 atom stereocenters. The van der Waals surface area contributed by atoms with E-state index >= 15 is 0 Å². The number of likely N-dealkylation sites (tertiary alicyclic amines) is 1. The van der Waals surface area contributed by atoms with Gasteiger partial charge in [-0.2, -0.15) is 0 Å². The number of nitrogens with zero attached hydrogens (tertiary/aromatic N) is 1. The van der Waals surface area contributed by atoms with E-state index in [0.717, 1.165) is 16.9 Å². The van der Waals surface area contributed by atoms with Crippen LogP contribution >= 0.6 is 0 Å². The van der Waals surface area contributed by atoms with E-state index in [1.54, 1.807) is 17.0 Å². The van der Waals surface area contributed by atoms with Gasteiger partial charge in [0.25, 0.3) is 5.91 Å². The van der Waals surface area contributed by atoms with Crippen LogP contribution in [0.25, 0.3) is 0 Å². The van der Waals surface area contributed by atoms with E-state index in [0.29, 0.717) is 25.9 Å². The number of benzene rings is 2. The summed E-state index contributed by atoms with van der Waals surface area (Å²) in [5, 5.41) is 10.4. The maximum absolute atomic E-state index is 13.8. The van der Waals surface area contributed by atoms with Crippen molar-refractivity contribution in [2.75, 3.05) is 19.7 Å². The van der Waals surface area contributed by atoms with E-state index in [-0.39, 0.29) is 18.3 Å². The molecule has 0 aliphatic carbocycles. The number of aliphatic hydroxyl groups is 1. The van der Waals surface area contributed by atoms with Crippen LogP contribution in [0.4, 0.5) is 4.39 Å². The molecule has 2 aromatic rings. The highest BCUT2D eigenvalue weighted by Crippen LogP contribution is 2.24. The number of hydrogen-bond donors (Lipinski definition) is 1. The van der Waals surface area contributed by atoms with Crippen molar-refractivity contribution in [3.05, 3.63) is 59.4 Å². The van der Waals surface area contributed by atoms with Crippen LogP contribution in [-0.4, -0.2) is 47.8 Å². The van der Waals surface area contributed by atoms with Gasteiger partial charge in [0.05, 0.1) is 6.10 Å². The van der Waals surface area contributed by atoms with Crippen LogP contribution in [0.3, 0.4) is 0 Å². The third-order valence-corrected chi connectivity index (χ3v) is 5.02. The quantitative estimate of drug-likeness (QED) is 0.856. The Bertz CT molecular complexity index is 806. The molecule has 5 nitrogen and oxygen atoms in total. The molecule has 28 heavy (non-hydrogen) atoms. The molecule has 2 aromatic carbocycles. The summed E-state index contributed by atoms with van der Waals surface area (Å²) in [6.45, 7) is 4.67. The molecule has 0 spiro atoms. The molecular weight excluding hydrogens is 361 g/mol. The first-order valence-corrected chi connectivity index (χ1v) is 9.51. The van der Waals surface area contributed by atoms with E-state index in [2.05, 4.69) is 0 Å². The number of hydrogen-bond acceptors (Lipinski definition) is 4. The fourth-order valence-electron chi connectivity index (χ4n) is 3.40. The number of rotatable bonds is 5. The highest BCUT2D eigenvalue weighted by atomic mass is 19.1. The fourth-order valence-corrected chi connectivity index (χ4v) is 3.40. The molecule has 150 valence electrons. The van der Waals surface area contributed by atoms with Gasteiger partial charge in [-0.1, -0.05) is 30.3 Å². The van der Waals surface area contributed by atoms with Gasteiger partial charge in [0.15, 0.2) is 18.2 Å². The molecule has 0 saturated carbocycles. The van der Waals surface area contributed by atoms with Crippen LogP contribution in [0.15, 0.2) is 42.5 Å². The summed E-state index contributed by atoms with van der Waals surface area (Å²) in [5.74, 6) is 0.242. The minimum Gasteiger partial charge on any atom is -0.485 e. The van der Waals surface area contributed by atoms with Crippen LogP contribution in [0.5, 0.6) is 11.5 Å². The van der Waals surface area contributed by atoms with E-state index < -0.39 is 18.0 Å². The molecular formula is C22H26FNO4. The van der Waals surface area contributed by atoms with Crippen molar-refractivity contribution < 1.29 is 23.8 Å². The van der Waals surface area contributed by atoms with Crippen molar-refractivity contribution in [1.29, 1.82) is 0 Å². The standard InChI is InChI=1S/C22H26FNO4/c1-15-6-5-7-16(2)22(15)27-14-21(26)24-12-10-18(25)20(11-13-24)28-19-9-4-3-8-17(19)23/h3-9,18,20,25H,10-14H2,1-2H3/t18-,20-/m0/s1. The van der Waals surface area contributed by atoms with E-state index in [9.17, 15) is 14.3 Å². The second kappa shape index (κ2) is 9.06. The number of carbonyl (C=O) groups is 1.